The maximum atomic E-state index is 2.47. The minimum Gasteiger partial charge on any atom is -0.0622 e. The molecule has 0 saturated heterocycles. The Balaban J connectivity index is 1.43. The average molecular weight is 525 g/mol. The summed E-state index contributed by atoms with van der Waals surface area (Å²) in [6, 6.07) is 49.5. The van der Waals surface area contributed by atoms with Crippen LogP contribution < -0.4 is 0 Å². The van der Waals surface area contributed by atoms with E-state index in [0.29, 0.717) is 0 Å². The Morgan fingerprint density at radius 3 is 1.15 bits per heavy atom. The summed E-state index contributed by atoms with van der Waals surface area (Å²) in [6.45, 7) is 4.94. The molecule has 0 saturated carbocycles. The Kier molecular flexibility index (Phi) is 5.41. The SMILES string of the molecule is CC(C)(C1=C(c2ccccc2)Cc2cc3ccccc3cc21)C1=C(c2ccccc2)Cc2cc3ccccc3cc21. The molecule has 6 aromatic rings. The molecular weight excluding hydrogens is 492 g/mol. The van der Waals surface area contributed by atoms with Gasteiger partial charge in [-0.25, -0.2) is 0 Å². The van der Waals surface area contributed by atoms with Crippen LogP contribution in [-0.2, 0) is 12.8 Å². The normalized spacial score (nSPS) is 14.7. The first-order valence-electron chi connectivity index (χ1n) is 14.7. The van der Waals surface area contributed by atoms with Gasteiger partial charge in [-0.15, -0.1) is 0 Å². The van der Waals surface area contributed by atoms with Crippen molar-refractivity contribution in [2.75, 3.05) is 0 Å². The van der Waals surface area contributed by atoms with Gasteiger partial charge in [0.25, 0.3) is 0 Å². The van der Waals surface area contributed by atoms with Gasteiger partial charge < -0.3 is 0 Å². The highest BCUT2D eigenvalue weighted by Gasteiger charge is 2.41. The van der Waals surface area contributed by atoms with E-state index in [1.807, 2.05) is 0 Å². The van der Waals surface area contributed by atoms with Gasteiger partial charge in [0.15, 0.2) is 0 Å². The summed E-state index contributed by atoms with van der Waals surface area (Å²) in [6.07, 6.45) is 1.92. The molecule has 0 nitrogen and oxygen atoms in total. The second-order valence-corrected chi connectivity index (χ2v) is 12.1. The molecule has 0 aliphatic heterocycles. The van der Waals surface area contributed by atoms with Crippen LogP contribution in [0.2, 0.25) is 0 Å². The summed E-state index contributed by atoms with van der Waals surface area (Å²) in [5.74, 6) is 0. The molecule has 0 N–H and O–H groups in total. The van der Waals surface area contributed by atoms with Gasteiger partial charge >= 0.3 is 0 Å². The number of hydrogen-bond donors (Lipinski definition) is 0. The van der Waals surface area contributed by atoms with E-state index in [0.717, 1.165) is 12.8 Å². The highest BCUT2D eigenvalue weighted by Crippen LogP contribution is 2.58. The van der Waals surface area contributed by atoms with Crippen molar-refractivity contribution in [1.29, 1.82) is 0 Å². The lowest BCUT2D eigenvalue weighted by molar-refractivity contribution is 0.678. The quantitative estimate of drug-likeness (QED) is 0.215. The predicted molar refractivity (Wildman–Crippen MR) is 176 cm³/mol. The van der Waals surface area contributed by atoms with Crippen molar-refractivity contribution in [3.05, 3.63) is 167 Å². The van der Waals surface area contributed by atoms with Crippen LogP contribution in [0.15, 0.2) is 133 Å². The van der Waals surface area contributed by atoms with Gasteiger partial charge in [0, 0.05) is 5.41 Å². The molecule has 41 heavy (non-hydrogen) atoms. The van der Waals surface area contributed by atoms with Crippen LogP contribution in [-0.4, -0.2) is 0 Å². The smallest absolute Gasteiger partial charge is 0.0164 e. The largest absolute Gasteiger partial charge is 0.0622 e. The fourth-order valence-electron chi connectivity index (χ4n) is 7.54. The van der Waals surface area contributed by atoms with E-state index in [4.69, 9.17) is 0 Å². The van der Waals surface area contributed by atoms with Crippen LogP contribution in [0.25, 0.3) is 43.8 Å². The standard InChI is InChI=1S/C41H32/c1-41(2,39-35(27-13-5-3-6-14-27)25-33-21-29-17-9-11-19-31(29)23-37(33)39)40-36(28-15-7-4-8-16-28)26-34-22-30-18-10-12-20-32(30)24-38(34)40/h3-24H,25-26H2,1-2H3. The van der Waals surface area contributed by atoms with Crippen LogP contribution >= 0.6 is 0 Å². The summed E-state index contributed by atoms with van der Waals surface area (Å²) in [7, 11) is 0. The summed E-state index contributed by atoms with van der Waals surface area (Å²) in [4.78, 5) is 0. The van der Waals surface area contributed by atoms with Gasteiger partial charge in [0.2, 0.25) is 0 Å². The zero-order valence-electron chi connectivity index (χ0n) is 23.6. The molecule has 0 unspecified atom stereocenters. The zero-order valence-corrected chi connectivity index (χ0v) is 23.6. The lowest BCUT2D eigenvalue weighted by atomic mass is 9.70. The van der Waals surface area contributed by atoms with Gasteiger partial charge in [-0.05, 0) is 102 Å². The number of rotatable bonds is 4. The molecule has 0 spiro atoms. The second kappa shape index (κ2) is 9.18. The Morgan fingerprint density at radius 1 is 0.415 bits per heavy atom. The minimum absolute atomic E-state index is 0.224. The molecular formula is C41H32. The van der Waals surface area contributed by atoms with Crippen molar-refractivity contribution in [3.8, 4) is 0 Å². The van der Waals surface area contributed by atoms with Gasteiger partial charge in [0.05, 0.1) is 0 Å². The fourth-order valence-corrected chi connectivity index (χ4v) is 7.54. The molecule has 0 fully saturated rings. The molecule has 0 radical (unpaired) electrons. The number of hydrogen-bond acceptors (Lipinski definition) is 0. The van der Waals surface area contributed by atoms with Crippen molar-refractivity contribution < 1.29 is 0 Å². The highest BCUT2D eigenvalue weighted by atomic mass is 14.4. The topological polar surface area (TPSA) is 0 Å². The lowest BCUT2D eigenvalue weighted by Gasteiger charge is -2.33. The molecule has 196 valence electrons. The average Bonchev–Trinajstić information content (AvgIpc) is 3.58. The Morgan fingerprint density at radius 2 is 0.756 bits per heavy atom. The third-order valence-corrected chi connectivity index (χ3v) is 9.31. The van der Waals surface area contributed by atoms with Crippen LogP contribution in [0.4, 0.5) is 0 Å². The van der Waals surface area contributed by atoms with E-state index in [1.54, 1.807) is 0 Å². The fraction of sp³-hybridized carbons (Fsp3) is 0.122. The predicted octanol–water partition coefficient (Wildman–Crippen LogP) is 10.7. The summed E-state index contributed by atoms with van der Waals surface area (Å²) in [5, 5.41) is 5.26. The van der Waals surface area contributed by atoms with Crippen molar-refractivity contribution in [1.82, 2.24) is 0 Å². The first-order valence-corrected chi connectivity index (χ1v) is 14.7. The Hall–Kier alpha value is -4.68. The first-order chi connectivity index (χ1) is 20.1. The van der Waals surface area contributed by atoms with E-state index in [-0.39, 0.29) is 5.41 Å². The molecule has 2 aliphatic rings. The molecule has 6 aromatic carbocycles. The monoisotopic (exact) mass is 524 g/mol. The summed E-state index contributed by atoms with van der Waals surface area (Å²) in [5.41, 5.74) is 14.0. The van der Waals surface area contributed by atoms with E-state index in [2.05, 4.69) is 147 Å². The van der Waals surface area contributed by atoms with Crippen LogP contribution in [0.5, 0.6) is 0 Å². The highest BCUT2D eigenvalue weighted by molar-refractivity contribution is 6.11. The van der Waals surface area contributed by atoms with Gasteiger partial charge in [-0.2, -0.15) is 0 Å². The molecule has 2 aliphatic carbocycles. The van der Waals surface area contributed by atoms with Crippen molar-refractivity contribution >= 4 is 43.8 Å². The summed E-state index contributed by atoms with van der Waals surface area (Å²) < 4.78 is 0. The molecule has 0 heterocycles. The van der Waals surface area contributed by atoms with E-state index >= 15 is 0 Å². The molecule has 0 amide bonds. The maximum absolute atomic E-state index is 2.47. The van der Waals surface area contributed by atoms with E-state index < -0.39 is 0 Å². The maximum Gasteiger partial charge on any atom is 0.0164 e. The van der Waals surface area contributed by atoms with Gasteiger partial charge in [-0.3, -0.25) is 0 Å². The van der Waals surface area contributed by atoms with Crippen molar-refractivity contribution in [2.45, 2.75) is 26.7 Å². The Labute approximate surface area is 242 Å². The van der Waals surface area contributed by atoms with Gasteiger partial charge in [-0.1, -0.05) is 135 Å². The van der Waals surface area contributed by atoms with Crippen LogP contribution in [0.1, 0.15) is 47.2 Å². The minimum atomic E-state index is -0.224. The third-order valence-electron chi connectivity index (χ3n) is 9.31. The molecule has 8 rings (SSSR count). The Bertz CT molecular complexity index is 1890. The first kappa shape index (κ1) is 24.1. The molecule has 0 heteroatoms. The van der Waals surface area contributed by atoms with E-state index in [1.165, 1.54) is 77.2 Å². The van der Waals surface area contributed by atoms with Crippen molar-refractivity contribution in [2.24, 2.45) is 5.41 Å². The molecule has 0 bridgehead atoms. The van der Waals surface area contributed by atoms with Gasteiger partial charge in [0.1, 0.15) is 0 Å². The van der Waals surface area contributed by atoms with Crippen LogP contribution in [0.3, 0.4) is 0 Å². The van der Waals surface area contributed by atoms with Crippen LogP contribution in [0, 0.1) is 5.41 Å². The number of fused-ring (bicyclic) bond motifs is 4. The molecule has 0 aromatic heterocycles. The third kappa shape index (κ3) is 3.82. The van der Waals surface area contributed by atoms with Crippen molar-refractivity contribution in [3.63, 3.8) is 0 Å². The molecule has 0 atom stereocenters. The number of benzene rings is 6. The second-order valence-electron chi connectivity index (χ2n) is 12.1. The number of allylic oxidation sites excluding steroid dienone is 4. The van der Waals surface area contributed by atoms with E-state index in [9.17, 15) is 0 Å². The zero-order chi connectivity index (χ0) is 27.6. The summed E-state index contributed by atoms with van der Waals surface area (Å²) >= 11 is 0. The lowest BCUT2D eigenvalue weighted by Crippen LogP contribution is -2.17.